The normalized spacial score (nSPS) is 10.5. The van der Waals surface area contributed by atoms with E-state index in [1.165, 1.54) is 58.5 Å². The quantitative estimate of drug-likeness (QED) is 0.281. The summed E-state index contributed by atoms with van der Waals surface area (Å²) in [6, 6.07) is 0. The third-order valence-corrected chi connectivity index (χ3v) is 4.27. The van der Waals surface area contributed by atoms with E-state index in [-0.39, 0.29) is 5.97 Å². The van der Waals surface area contributed by atoms with Crippen molar-refractivity contribution < 1.29 is 19.1 Å². The third-order valence-electron chi connectivity index (χ3n) is 4.27. The fraction of sp³-hybridized carbons (Fsp3) is 0.900. The highest BCUT2D eigenvalue weighted by Crippen LogP contribution is 2.10. The van der Waals surface area contributed by atoms with Crippen LogP contribution in [0.1, 0.15) is 96.8 Å². The van der Waals surface area contributed by atoms with Crippen molar-refractivity contribution >= 4 is 12.1 Å². The molecule has 0 heterocycles. The Hall–Kier alpha value is -1.26. The second-order valence-corrected chi connectivity index (χ2v) is 6.63. The molecule has 0 aromatic carbocycles. The van der Waals surface area contributed by atoms with Crippen LogP contribution in [0.2, 0.25) is 0 Å². The molecule has 5 nitrogen and oxygen atoms in total. The first kappa shape index (κ1) is 23.7. The fourth-order valence-corrected chi connectivity index (χ4v) is 2.68. The van der Waals surface area contributed by atoms with E-state index in [9.17, 15) is 9.59 Å². The highest BCUT2D eigenvalue weighted by molar-refractivity contribution is 5.69. The van der Waals surface area contributed by atoms with Gasteiger partial charge in [-0.25, -0.2) is 4.79 Å². The lowest BCUT2D eigenvalue weighted by Gasteiger charge is -2.06. The number of hydrogen-bond donors (Lipinski definition) is 1. The predicted octanol–water partition coefficient (Wildman–Crippen LogP) is 5.37. The molecule has 0 atom stereocenters. The van der Waals surface area contributed by atoms with Crippen LogP contribution in [0.3, 0.4) is 0 Å². The van der Waals surface area contributed by atoms with Gasteiger partial charge in [0.05, 0.1) is 13.7 Å². The van der Waals surface area contributed by atoms with E-state index in [1.807, 2.05) is 0 Å². The Labute approximate surface area is 154 Å². The Balaban J connectivity index is 3.19. The summed E-state index contributed by atoms with van der Waals surface area (Å²) in [5.74, 6) is -0.100. The van der Waals surface area contributed by atoms with Crippen molar-refractivity contribution in [2.45, 2.75) is 96.8 Å². The topological polar surface area (TPSA) is 64.6 Å². The van der Waals surface area contributed by atoms with Gasteiger partial charge in [0.1, 0.15) is 0 Å². The molecule has 0 bridgehead atoms. The number of unbranched alkanes of at least 4 members (excludes halogenated alkanes) is 11. The number of esters is 1. The standard InChI is InChI=1S/C20H39NO4/c1-3-4-5-6-7-8-9-10-11-15-18-25-19(22)16-13-12-14-17-21-20(23)24-2/h3-18H2,1-2H3,(H,21,23). The molecule has 0 fully saturated rings. The minimum absolute atomic E-state index is 0.100. The predicted molar refractivity (Wildman–Crippen MR) is 102 cm³/mol. The number of methoxy groups -OCH3 is 1. The maximum Gasteiger partial charge on any atom is 0.406 e. The summed E-state index contributed by atoms with van der Waals surface area (Å²) in [6.45, 7) is 3.39. The van der Waals surface area contributed by atoms with Crippen LogP contribution in [0.4, 0.5) is 4.79 Å². The second-order valence-electron chi connectivity index (χ2n) is 6.63. The Bertz CT molecular complexity index is 321. The summed E-state index contributed by atoms with van der Waals surface area (Å²) in [4.78, 5) is 22.4. The first-order valence-corrected chi connectivity index (χ1v) is 10.2. The molecule has 0 radical (unpaired) electrons. The van der Waals surface area contributed by atoms with Crippen LogP contribution in [0, 0.1) is 0 Å². The number of carbonyl (C=O) groups is 2. The molecule has 1 N–H and O–H groups in total. The van der Waals surface area contributed by atoms with Gasteiger partial charge in [-0.2, -0.15) is 0 Å². The smallest absolute Gasteiger partial charge is 0.406 e. The van der Waals surface area contributed by atoms with Crippen LogP contribution in [-0.2, 0) is 14.3 Å². The summed E-state index contributed by atoms with van der Waals surface area (Å²) < 4.78 is 9.72. The SMILES string of the molecule is CCCCCCCCCCCCOC(=O)CCCCCNC(=O)OC. The molecular weight excluding hydrogens is 318 g/mol. The van der Waals surface area contributed by atoms with Crippen LogP contribution in [0.25, 0.3) is 0 Å². The molecule has 0 spiro atoms. The van der Waals surface area contributed by atoms with Gasteiger partial charge in [-0.1, -0.05) is 71.1 Å². The first-order chi connectivity index (χ1) is 12.2. The lowest BCUT2D eigenvalue weighted by atomic mass is 10.1. The lowest BCUT2D eigenvalue weighted by molar-refractivity contribution is -0.143. The molecule has 0 aliphatic carbocycles. The van der Waals surface area contributed by atoms with Crippen molar-refractivity contribution in [1.82, 2.24) is 5.32 Å². The Morgan fingerprint density at radius 3 is 1.92 bits per heavy atom. The molecule has 148 valence electrons. The monoisotopic (exact) mass is 357 g/mol. The number of hydrogen-bond acceptors (Lipinski definition) is 4. The summed E-state index contributed by atoms with van der Waals surface area (Å²) in [6.07, 6.45) is 15.5. The number of ether oxygens (including phenoxy) is 2. The molecule has 0 saturated heterocycles. The molecule has 0 aliphatic heterocycles. The molecule has 0 aromatic heterocycles. The van der Waals surface area contributed by atoms with Gasteiger partial charge in [-0.3, -0.25) is 4.79 Å². The molecular formula is C20H39NO4. The molecule has 0 rings (SSSR count). The zero-order valence-electron chi connectivity index (χ0n) is 16.4. The summed E-state index contributed by atoms with van der Waals surface area (Å²) >= 11 is 0. The van der Waals surface area contributed by atoms with E-state index < -0.39 is 6.09 Å². The molecule has 0 aromatic rings. The first-order valence-electron chi connectivity index (χ1n) is 10.2. The van der Waals surface area contributed by atoms with Gasteiger partial charge in [0.2, 0.25) is 0 Å². The van der Waals surface area contributed by atoms with Crippen molar-refractivity contribution in [3.8, 4) is 0 Å². The number of amides is 1. The van der Waals surface area contributed by atoms with E-state index in [4.69, 9.17) is 4.74 Å². The largest absolute Gasteiger partial charge is 0.466 e. The summed E-state index contributed by atoms with van der Waals surface area (Å²) in [5, 5.41) is 2.62. The van der Waals surface area contributed by atoms with E-state index in [1.54, 1.807) is 0 Å². The molecule has 25 heavy (non-hydrogen) atoms. The Kier molecular flexibility index (Phi) is 18.1. The van der Waals surface area contributed by atoms with Gasteiger partial charge in [0, 0.05) is 13.0 Å². The van der Waals surface area contributed by atoms with Crippen molar-refractivity contribution in [3.63, 3.8) is 0 Å². The van der Waals surface area contributed by atoms with Gasteiger partial charge in [-0.15, -0.1) is 0 Å². The van der Waals surface area contributed by atoms with E-state index in [0.717, 1.165) is 32.1 Å². The number of carbonyl (C=O) groups excluding carboxylic acids is 2. The highest BCUT2D eigenvalue weighted by Gasteiger charge is 2.03. The molecule has 0 saturated carbocycles. The van der Waals surface area contributed by atoms with Crippen LogP contribution < -0.4 is 5.32 Å². The van der Waals surface area contributed by atoms with Gasteiger partial charge < -0.3 is 14.8 Å². The minimum atomic E-state index is -0.407. The van der Waals surface area contributed by atoms with Crippen LogP contribution in [-0.4, -0.2) is 32.3 Å². The van der Waals surface area contributed by atoms with E-state index >= 15 is 0 Å². The van der Waals surface area contributed by atoms with Gasteiger partial charge in [0.15, 0.2) is 0 Å². The number of nitrogens with one attached hydrogen (secondary N) is 1. The molecule has 0 aliphatic rings. The molecule has 0 unspecified atom stereocenters. The molecule has 1 amide bonds. The zero-order valence-corrected chi connectivity index (χ0v) is 16.4. The maximum absolute atomic E-state index is 11.6. The fourth-order valence-electron chi connectivity index (χ4n) is 2.68. The maximum atomic E-state index is 11.6. The second kappa shape index (κ2) is 19.1. The summed E-state index contributed by atoms with van der Waals surface area (Å²) in [7, 11) is 1.35. The zero-order chi connectivity index (χ0) is 18.6. The number of rotatable bonds is 17. The average molecular weight is 358 g/mol. The van der Waals surface area contributed by atoms with Crippen molar-refractivity contribution in [1.29, 1.82) is 0 Å². The van der Waals surface area contributed by atoms with Gasteiger partial charge in [-0.05, 0) is 19.3 Å². The lowest BCUT2D eigenvalue weighted by Crippen LogP contribution is -2.23. The van der Waals surface area contributed by atoms with Crippen LogP contribution in [0.5, 0.6) is 0 Å². The van der Waals surface area contributed by atoms with Crippen molar-refractivity contribution in [2.24, 2.45) is 0 Å². The van der Waals surface area contributed by atoms with Crippen molar-refractivity contribution in [2.75, 3.05) is 20.3 Å². The number of alkyl carbamates (subject to hydrolysis) is 1. The Morgan fingerprint density at radius 2 is 1.32 bits per heavy atom. The van der Waals surface area contributed by atoms with Gasteiger partial charge in [0.25, 0.3) is 0 Å². The van der Waals surface area contributed by atoms with Crippen molar-refractivity contribution in [3.05, 3.63) is 0 Å². The highest BCUT2D eigenvalue weighted by atomic mass is 16.5. The third kappa shape index (κ3) is 18.9. The van der Waals surface area contributed by atoms with E-state index in [0.29, 0.717) is 19.6 Å². The summed E-state index contributed by atoms with van der Waals surface area (Å²) in [5.41, 5.74) is 0. The van der Waals surface area contributed by atoms with Crippen LogP contribution in [0.15, 0.2) is 0 Å². The van der Waals surface area contributed by atoms with E-state index in [2.05, 4.69) is 17.0 Å². The molecule has 5 heteroatoms. The minimum Gasteiger partial charge on any atom is -0.466 e. The van der Waals surface area contributed by atoms with Crippen LogP contribution >= 0.6 is 0 Å². The Morgan fingerprint density at radius 1 is 0.760 bits per heavy atom. The van der Waals surface area contributed by atoms with Gasteiger partial charge >= 0.3 is 12.1 Å². The average Bonchev–Trinajstić information content (AvgIpc) is 2.62.